The van der Waals surface area contributed by atoms with E-state index in [-0.39, 0.29) is 11.9 Å². The number of alkyl carbamates (subject to hydrolysis) is 1. The number of carbonyl (C=O) groups excluding carboxylic acids is 2. The van der Waals surface area contributed by atoms with Crippen LogP contribution in [0.25, 0.3) is 0 Å². The molecule has 0 saturated heterocycles. The van der Waals surface area contributed by atoms with Crippen molar-refractivity contribution in [1.29, 1.82) is 0 Å². The summed E-state index contributed by atoms with van der Waals surface area (Å²) in [6, 6.07) is 17.6. The number of para-hydroxylation sites is 2. The van der Waals surface area contributed by atoms with Gasteiger partial charge >= 0.3 is 6.09 Å². The van der Waals surface area contributed by atoms with Crippen LogP contribution < -0.4 is 16.4 Å². The molecule has 0 fully saturated rings. The van der Waals surface area contributed by atoms with Crippen molar-refractivity contribution in [2.45, 2.75) is 32.4 Å². The number of ether oxygens (including phenoxy) is 1. The van der Waals surface area contributed by atoms with Crippen LogP contribution in [-0.2, 0) is 4.74 Å². The first-order valence-corrected chi connectivity index (χ1v) is 10.1. The van der Waals surface area contributed by atoms with Crippen LogP contribution in [0.5, 0.6) is 0 Å². The number of anilines is 2. The predicted molar refractivity (Wildman–Crippen MR) is 121 cm³/mol. The van der Waals surface area contributed by atoms with E-state index in [1.54, 1.807) is 61.8 Å². The molecule has 0 aliphatic carbocycles. The van der Waals surface area contributed by atoms with E-state index >= 15 is 0 Å². The molecule has 0 unspecified atom stereocenters. The lowest BCUT2D eigenvalue weighted by Gasteiger charge is -2.20. The summed E-state index contributed by atoms with van der Waals surface area (Å²) in [6.45, 7) is 3.76. The second-order valence-electron chi connectivity index (χ2n) is 7.10. The topological polar surface area (TPSA) is 106 Å². The summed E-state index contributed by atoms with van der Waals surface area (Å²) in [5.41, 5.74) is 9.14. The number of benzene rings is 2. The summed E-state index contributed by atoms with van der Waals surface area (Å²) < 4.78 is 5.46. The summed E-state index contributed by atoms with van der Waals surface area (Å²) in [5.74, 6) is -0.254. The Morgan fingerprint density at radius 3 is 2.42 bits per heavy atom. The van der Waals surface area contributed by atoms with E-state index in [0.717, 1.165) is 11.1 Å². The SMILES string of the molecule is CC[C@H](NC(=O)O[C@@H](C)c1cccnc1)c1ccc(C(=O)Nc2ccccc2N)cc1. The number of hydrogen-bond acceptors (Lipinski definition) is 5. The standard InChI is InChI=1S/C24H26N4O3/c1-3-21(28-24(30)31-16(2)19-7-6-14-26-15-19)17-10-12-18(13-11-17)23(29)27-22-9-5-4-8-20(22)25/h4-16,21H,3,25H2,1-2H3,(H,27,29)(H,28,30)/t16-,21-/m0/s1. The maximum atomic E-state index is 12.5. The van der Waals surface area contributed by atoms with Gasteiger partial charge in [-0.2, -0.15) is 0 Å². The molecule has 1 heterocycles. The molecule has 2 atom stereocenters. The second-order valence-corrected chi connectivity index (χ2v) is 7.10. The van der Waals surface area contributed by atoms with Gasteiger partial charge in [0.25, 0.3) is 5.91 Å². The Hall–Kier alpha value is -3.87. The smallest absolute Gasteiger partial charge is 0.408 e. The maximum absolute atomic E-state index is 12.5. The highest BCUT2D eigenvalue weighted by molar-refractivity contribution is 6.05. The van der Waals surface area contributed by atoms with Crippen molar-refractivity contribution >= 4 is 23.4 Å². The number of aromatic nitrogens is 1. The Balaban J connectivity index is 1.61. The minimum Gasteiger partial charge on any atom is -0.442 e. The quantitative estimate of drug-likeness (QED) is 0.475. The predicted octanol–water partition coefficient (Wildman–Crippen LogP) is 4.85. The van der Waals surface area contributed by atoms with Crippen molar-refractivity contribution in [1.82, 2.24) is 10.3 Å². The number of nitrogen functional groups attached to an aromatic ring is 1. The van der Waals surface area contributed by atoms with Gasteiger partial charge in [-0.1, -0.05) is 37.3 Å². The minimum absolute atomic E-state index is 0.240. The fourth-order valence-corrected chi connectivity index (χ4v) is 3.11. The van der Waals surface area contributed by atoms with Crippen LogP contribution in [0.1, 0.15) is 53.9 Å². The molecular weight excluding hydrogens is 392 g/mol. The average Bonchev–Trinajstić information content (AvgIpc) is 2.79. The molecule has 2 aromatic carbocycles. The summed E-state index contributed by atoms with van der Waals surface area (Å²) in [4.78, 5) is 28.9. The molecule has 0 saturated carbocycles. The van der Waals surface area contributed by atoms with Gasteiger partial charge in [-0.25, -0.2) is 4.79 Å². The van der Waals surface area contributed by atoms with Gasteiger partial charge in [-0.05, 0) is 49.2 Å². The number of nitrogens with one attached hydrogen (secondary N) is 2. The first kappa shape index (κ1) is 21.8. The lowest BCUT2D eigenvalue weighted by Crippen LogP contribution is -2.29. The average molecular weight is 418 g/mol. The van der Waals surface area contributed by atoms with Crippen molar-refractivity contribution < 1.29 is 14.3 Å². The molecule has 0 aliphatic rings. The van der Waals surface area contributed by atoms with E-state index < -0.39 is 12.2 Å². The first-order valence-electron chi connectivity index (χ1n) is 10.1. The van der Waals surface area contributed by atoms with Gasteiger partial charge in [0.05, 0.1) is 17.4 Å². The van der Waals surface area contributed by atoms with Crippen LogP contribution in [0.3, 0.4) is 0 Å². The largest absolute Gasteiger partial charge is 0.442 e. The molecule has 7 heteroatoms. The Morgan fingerprint density at radius 2 is 1.77 bits per heavy atom. The minimum atomic E-state index is -0.510. The number of hydrogen-bond donors (Lipinski definition) is 3. The van der Waals surface area contributed by atoms with Crippen LogP contribution in [0.2, 0.25) is 0 Å². The van der Waals surface area contributed by atoms with E-state index in [2.05, 4.69) is 15.6 Å². The fourth-order valence-electron chi connectivity index (χ4n) is 3.11. The number of nitrogens with zero attached hydrogens (tertiary/aromatic N) is 1. The number of rotatable bonds is 7. The molecule has 0 bridgehead atoms. The summed E-state index contributed by atoms with van der Waals surface area (Å²) in [6.07, 6.45) is 3.08. The molecule has 160 valence electrons. The number of pyridine rings is 1. The zero-order chi connectivity index (χ0) is 22.2. The van der Waals surface area contributed by atoms with Gasteiger partial charge < -0.3 is 21.1 Å². The third-order valence-corrected chi connectivity index (χ3v) is 4.92. The zero-order valence-electron chi connectivity index (χ0n) is 17.5. The number of amides is 2. The molecule has 3 aromatic rings. The number of carbonyl (C=O) groups is 2. The van der Waals surface area contributed by atoms with Gasteiger partial charge in [0.15, 0.2) is 0 Å². The summed E-state index contributed by atoms with van der Waals surface area (Å²) in [5, 5.41) is 5.68. The fraction of sp³-hybridized carbons (Fsp3) is 0.208. The van der Waals surface area contributed by atoms with Crippen molar-refractivity contribution in [2.75, 3.05) is 11.1 Å². The highest BCUT2D eigenvalue weighted by Crippen LogP contribution is 2.21. The van der Waals surface area contributed by atoms with Crippen LogP contribution in [-0.4, -0.2) is 17.0 Å². The first-order chi connectivity index (χ1) is 15.0. The third-order valence-electron chi connectivity index (χ3n) is 4.92. The van der Waals surface area contributed by atoms with E-state index in [9.17, 15) is 9.59 Å². The molecule has 2 amide bonds. The van der Waals surface area contributed by atoms with E-state index in [0.29, 0.717) is 23.4 Å². The van der Waals surface area contributed by atoms with E-state index in [1.807, 2.05) is 25.1 Å². The van der Waals surface area contributed by atoms with Crippen molar-refractivity contribution in [3.05, 3.63) is 89.7 Å². The lowest BCUT2D eigenvalue weighted by atomic mass is 10.0. The summed E-state index contributed by atoms with van der Waals surface area (Å²) >= 11 is 0. The molecule has 0 aliphatic heterocycles. The van der Waals surface area contributed by atoms with E-state index in [1.165, 1.54) is 0 Å². The van der Waals surface area contributed by atoms with E-state index in [4.69, 9.17) is 10.5 Å². The monoisotopic (exact) mass is 418 g/mol. The van der Waals surface area contributed by atoms with Gasteiger partial charge in [-0.3, -0.25) is 9.78 Å². The van der Waals surface area contributed by atoms with Crippen molar-refractivity contribution in [3.63, 3.8) is 0 Å². The molecule has 0 radical (unpaired) electrons. The Bertz CT molecular complexity index is 1020. The molecule has 7 nitrogen and oxygen atoms in total. The summed E-state index contributed by atoms with van der Waals surface area (Å²) in [7, 11) is 0. The van der Waals surface area contributed by atoms with Gasteiger partial charge in [0.2, 0.25) is 0 Å². The molecule has 3 rings (SSSR count). The Morgan fingerprint density at radius 1 is 1.03 bits per heavy atom. The van der Waals surface area contributed by atoms with Crippen LogP contribution >= 0.6 is 0 Å². The normalized spacial score (nSPS) is 12.5. The van der Waals surface area contributed by atoms with Crippen LogP contribution in [0.15, 0.2) is 73.1 Å². The van der Waals surface area contributed by atoms with Gasteiger partial charge in [-0.15, -0.1) is 0 Å². The Labute approximate surface area is 181 Å². The maximum Gasteiger partial charge on any atom is 0.408 e. The van der Waals surface area contributed by atoms with Crippen LogP contribution in [0.4, 0.5) is 16.2 Å². The third kappa shape index (κ3) is 5.82. The molecule has 0 spiro atoms. The highest BCUT2D eigenvalue weighted by atomic mass is 16.6. The van der Waals surface area contributed by atoms with Gasteiger partial charge in [0.1, 0.15) is 6.10 Å². The lowest BCUT2D eigenvalue weighted by molar-refractivity contribution is 0.102. The molecular formula is C24H26N4O3. The Kier molecular flexibility index (Phi) is 7.22. The molecule has 1 aromatic heterocycles. The van der Waals surface area contributed by atoms with Crippen LogP contribution in [0, 0.1) is 0 Å². The second kappa shape index (κ2) is 10.2. The number of nitrogens with two attached hydrogens (primary N) is 1. The zero-order valence-corrected chi connectivity index (χ0v) is 17.5. The van der Waals surface area contributed by atoms with Gasteiger partial charge in [0, 0.05) is 23.5 Å². The van der Waals surface area contributed by atoms with Crippen molar-refractivity contribution in [3.8, 4) is 0 Å². The molecule has 31 heavy (non-hydrogen) atoms. The van der Waals surface area contributed by atoms with Crippen molar-refractivity contribution in [2.24, 2.45) is 0 Å². The molecule has 4 N–H and O–H groups in total. The highest BCUT2D eigenvalue weighted by Gasteiger charge is 2.17.